The van der Waals surface area contributed by atoms with Crippen LogP contribution >= 0.6 is 0 Å². The molecule has 0 rings (SSSR count). The molecule has 0 unspecified atom stereocenters. The predicted octanol–water partition coefficient (Wildman–Crippen LogP) is 1.06. The van der Waals surface area contributed by atoms with Crippen molar-refractivity contribution in [3.63, 3.8) is 0 Å². The van der Waals surface area contributed by atoms with Crippen LogP contribution in [0.4, 0.5) is 0 Å². The fourth-order valence-electron chi connectivity index (χ4n) is 0.758. The average molecular weight is 186 g/mol. The largest absolute Gasteiger partial charge is 0.466 e. The molecule has 0 N–H and O–H groups in total. The van der Waals surface area contributed by atoms with Gasteiger partial charge >= 0.3 is 11.9 Å². The maximum atomic E-state index is 11.0. The Balaban J connectivity index is 4.19. The molecule has 0 bridgehead atoms. The smallest absolute Gasteiger partial charge is 0.336 e. The second kappa shape index (κ2) is 6.22. The van der Waals surface area contributed by atoms with Crippen LogP contribution in [0.2, 0.25) is 0 Å². The Morgan fingerprint density at radius 3 is 2.38 bits per heavy atom. The van der Waals surface area contributed by atoms with Crippen LogP contribution in [-0.2, 0) is 19.1 Å². The molecular weight excluding hydrogens is 172 g/mol. The summed E-state index contributed by atoms with van der Waals surface area (Å²) in [5.74, 6) is -0.867. The lowest BCUT2D eigenvalue weighted by molar-refractivity contribution is -0.142. The van der Waals surface area contributed by atoms with Crippen LogP contribution in [0.3, 0.4) is 0 Å². The number of methoxy groups -OCH3 is 1. The Bertz CT molecular complexity index is 218. The van der Waals surface area contributed by atoms with Gasteiger partial charge in [0.05, 0.1) is 12.7 Å². The van der Waals surface area contributed by atoms with E-state index in [1.807, 2.05) is 6.92 Å². The molecule has 0 aliphatic rings. The van der Waals surface area contributed by atoms with Gasteiger partial charge in [-0.3, -0.25) is 4.79 Å². The number of rotatable bonds is 4. The van der Waals surface area contributed by atoms with Crippen molar-refractivity contribution in [2.45, 2.75) is 20.3 Å². The Hall–Kier alpha value is -1.32. The first-order valence-electron chi connectivity index (χ1n) is 4.02. The van der Waals surface area contributed by atoms with Gasteiger partial charge in [0.15, 0.2) is 0 Å². The lowest BCUT2D eigenvalue weighted by atomic mass is 10.2. The first kappa shape index (κ1) is 11.7. The molecule has 4 heteroatoms. The molecule has 0 aromatic rings. The Kier molecular flexibility index (Phi) is 5.59. The summed E-state index contributed by atoms with van der Waals surface area (Å²) in [7, 11) is 1.29. The minimum absolute atomic E-state index is 0.0180. The fourth-order valence-corrected chi connectivity index (χ4v) is 0.758. The molecule has 0 aromatic carbocycles. The van der Waals surface area contributed by atoms with Crippen molar-refractivity contribution >= 4 is 11.9 Å². The molecule has 74 valence electrons. The highest BCUT2D eigenvalue weighted by Crippen LogP contribution is 2.00. The van der Waals surface area contributed by atoms with Crippen LogP contribution in [0.1, 0.15) is 20.3 Å². The van der Waals surface area contributed by atoms with Gasteiger partial charge in [-0.2, -0.15) is 0 Å². The van der Waals surface area contributed by atoms with Gasteiger partial charge in [-0.25, -0.2) is 4.79 Å². The molecule has 0 amide bonds. The van der Waals surface area contributed by atoms with E-state index in [4.69, 9.17) is 0 Å². The molecule has 0 saturated carbocycles. The average Bonchev–Trinajstić information content (AvgIpc) is 2.10. The lowest BCUT2D eigenvalue weighted by Crippen LogP contribution is -2.12. The van der Waals surface area contributed by atoms with Crippen molar-refractivity contribution in [1.82, 2.24) is 0 Å². The maximum Gasteiger partial charge on any atom is 0.336 e. The molecule has 0 atom stereocenters. The van der Waals surface area contributed by atoms with Crippen molar-refractivity contribution in [3.05, 3.63) is 11.6 Å². The van der Waals surface area contributed by atoms with Gasteiger partial charge in [0.2, 0.25) is 0 Å². The molecule has 0 aliphatic carbocycles. The first-order valence-corrected chi connectivity index (χ1v) is 4.02. The number of carbonyl (C=O) groups excluding carboxylic acids is 2. The van der Waals surface area contributed by atoms with E-state index in [9.17, 15) is 9.59 Å². The quantitative estimate of drug-likeness (QED) is 0.486. The van der Waals surface area contributed by atoms with E-state index in [1.165, 1.54) is 14.0 Å². The molecule has 0 heterocycles. The van der Waals surface area contributed by atoms with E-state index in [0.717, 1.165) is 0 Å². The molecule has 13 heavy (non-hydrogen) atoms. The van der Waals surface area contributed by atoms with Gasteiger partial charge in [-0.15, -0.1) is 0 Å². The summed E-state index contributed by atoms with van der Waals surface area (Å²) in [6, 6.07) is 0. The Labute approximate surface area is 77.5 Å². The van der Waals surface area contributed by atoms with E-state index in [2.05, 4.69) is 9.47 Å². The van der Waals surface area contributed by atoms with Crippen LogP contribution < -0.4 is 0 Å². The van der Waals surface area contributed by atoms with Crippen molar-refractivity contribution in [3.8, 4) is 0 Å². The third-order valence-corrected chi connectivity index (χ3v) is 1.33. The summed E-state index contributed by atoms with van der Waals surface area (Å²) in [4.78, 5) is 21.5. The van der Waals surface area contributed by atoms with Gasteiger partial charge in [-0.05, 0) is 6.42 Å². The van der Waals surface area contributed by atoms with Crippen molar-refractivity contribution < 1.29 is 19.1 Å². The van der Waals surface area contributed by atoms with Gasteiger partial charge in [0.25, 0.3) is 0 Å². The lowest BCUT2D eigenvalue weighted by Gasteiger charge is -2.04. The van der Waals surface area contributed by atoms with Gasteiger partial charge in [0, 0.05) is 6.92 Å². The SMILES string of the molecule is CC/C=C(\COC(C)=O)C(=O)OC. The van der Waals surface area contributed by atoms with Crippen LogP contribution in [-0.4, -0.2) is 25.7 Å². The summed E-state index contributed by atoms with van der Waals surface area (Å²) >= 11 is 0. The summed E-state index contributed by atoms with van der Waals surface area (Å²) in [6.07, 6.45) is 2.38. The second-order valence-electron chi connectivity index (χ2n) is 2.41. The van der Waals surface area contributed by atoms with Crippen molar-refractivity contribution in [2.75, 3.05) is 13.7 Å². The van der Waals surface area contributed by atoms with Crippen molar-refractivity contribution in [2.24, 2.45) is 0 Å². The summed E-state index contributed by atoms with van der Waals surface area (Å²) in [5, 5.41) is 0. The van der Waals surface area contributed by atoms with E-state index in [1.54, 1.807) is 6.08 Å². The fraction of sp³-hybridized carbons (Fsp3) is 0.556. The Morgan fingerprint density at radius 1 is 1.38 bits per heavy atom. The van der Waals surface area contributed by atoms with E-state index < -0.39 is 11.9 Å². The Morgan fingerprint density at radius 2 is 2.00 bits per heavy atom. The number of carbonyl (C=O) groups is 2. The third kappa shape index (κ3) is 5.00. The first-order chi connectivity index (χ1) is 6.11. The molecule has 0 spiro atoms. The molecule has 0 aromatic heterocycles. The minimum Gasteiger partial charge on any atom is -0.466 e. The molecule has 4 nitrogen and oxygen atoms in total. The highest BCUT2D eigenvalue weighted by molar-refractivity contribution is 5.88. The normalized spacial score (nSPS) is 10.8. The minimum atomic E-state index is -0.455. The number of hydrogen-bond donors (Lipinski definition) is 0. The van der Waals surface area contributed by atoms with Gasteiger partial charge in [-0.1, -0.05) is 13.0 Å². The maximum absolute atomic E-state index is 11.0. The van der Waals surface area contributed by atoms with Gasteiger partial charge in [0.1, 0.15) is 6.61 Å². The molecule has 0 radical (unpaired) electrons. The number of hydrogen-bond acceptors (Lipinski definition) is 4. The molecule has 0 saturated heterocycles. The van der Waals surface area contributed by atoms with Crippen LogP contribution in [0.5, 0.6) is 0 Å². The zero-order valence-corrected chi connectivity index (χ0v) is 8.12. The molecular formula is C9H14O4. The van der Waals surface area contributed by atoms with E-state index >= 15 is 0 Å². The number of allylic oxidation sites excluding steroid dienone is 1. The highest BCUT2D eigenvalue weighted by atomic mass is 16.5. The van der Waals surface area contributed by atoms with Crippen LogP contribution in [0.15, 0.2) is 11.6 Å². The summed E-state index contributed by atoms with van der Waals surface area (Å²) in [6.45, 7) is 3.16. The van der Waals surface area contributed by atoms with Crippen LogP contribution in [0, 0.1) is 0 Å². The zero-order valence-electron chi connectivity index (χ0n) is 8.12. The standard InChI is InChI=1S/C9H14O4/c1-4-5-8(9(11)12-3)6-13-7(2)10/h5H,4,6H2,1-3H3/b8-5+. The van der Waals surface area contributed by atoms with Crippen LogP contribution in [0.25, 0.3) is 0 Å². The third-order valence-electron chi connectivity index (χ3n) is 1.33. The zero-order chi connectivity index (χ0) is 10.3. The van der Waals surface area contributed by atoms with E-state index in [0.29, 0.717) is 12.0 Å². The topological polar surface area (TPSA) is 52.6 Å². The molecule has 0 aliphatic heterocycles. The monoisotopic (exact) mass is 186 g/mol. The number of esters is 2. The highest BCUT2D eigenvalue weighted by Gasteiger charge is 2.09. The number of ether oxygens (including phenoxy) is 2. The summed E-state index contributed by atoms with van der Waals surface area (Å²) in [5.41, 5.74) is 0.375. The summed E-state index contributed by atoms with van der Waals surface area (Å²) < 4.78 is 9.17. The van der Waals surface area contributed by atoms with Gasteiger partial charge < -0.3 is 9.47 Å². The molecule has 0 fully saturated rings. The van der Waals surface area contributed by atoms with Crippen molar-refractivity contribution in [1.29, 1.82) is 0 Å². The van der Waals surface area contributed by atoms with E-state index in [-0.39, 0.29) is 6.61 Å². The predicted molar refractivity (Wildman–Crippen MR) is 47.0 cm³/mol. The second-order valence-corrected chi connectivity index (χ2v) is 2.41.